The minimum absolute atomic E-state index is 0.00360. The number of ketones is 2. The number of fused-ring (bicyclic) bond motifs is 1. The molecular formula is C31H27NO4S. The SMILES string of the molecule is Cc1ccc(S(=O)(=O)N2c3ccc(C)cc3[C@@H](CC(=O)c3ccccc3)[C@H]2C(=O)c2ccccc2)cc1. The molecule has 0 bridgehead atoms. The van der Waals surface area contributed by atoms with Crippen LogP contribution in [0.2, 0.25) is 0 Å². The molecule has 2 atom stereocenters. The van der Waals surface area contributed by atoms with Crippen molar-refractivity contribution in [2.75, 3.05) is 4.31 Å². The first-order valence-electron chi connectivity index (χ1n) is 12.2. The van der Waals surface area contributed by atoms with E-state index >= 15 is 0 Å². The van der Waals surface area contributed by atoms with Gasteiger partial charge in [0.05, 0.1) is 10.6 Å². The Bertz CT molecular complexity index is 1560. The van der Waals surface area contributed by atoms with Gasteiger partial charge in [0.1, 0.15) is 6.04 Å². The van der Waals surface area contributed by atoms with Crippen LogP contribution in [0.5, 0.6) is 0 Å². The molecule has 1 aliphatic rings. The molecule has 37 heavy (non-hydrogen) atoms. The molecule has 0 aliphatic carbocycles. The number of carbonyl (C=O) groups excluding carboxylic acids is 2. The molecule has 0 N–H and O–H groups in total. The maximum absolute atomic E-state index is 14.1. The zero-order valence-electron chi connectivity index (χ0n) is 20.7. The lowest BCUT2D eigenvalue weighted by Gasteiger charge is -2.29. The summed E-state index contributed by atoms with van der Waals surface area (Å²) in [7, 11) is -4.12. The van der Waals surface area contributed by atoms with E-state index in [1.165, 1.54) is 4.31 Å². The molecule has 0 unspecified atom stereocenters. The fourth-order valence-corrected chi connectivity index (χ4v) is 6.66. The molecule has 0 radical (unpaired) electrons. The largest absolute Gasteiger partial charge is 0.294 e. The summed E-state index contributed by atoms with van der Waals surface area (Å²) in [5.74, 6) is -1.12. The monoisotopic (exact) mass is 509 g/mol. The molecule has 0 saturated heterocycles. The van der Waals surface area contributed by atoms with Crippen LogP contribution in [-0.4, -0.2) is 26.0 Å². The fourth-order valence-electron chi connectivity index (χ4n) is 4.98. The number of sulfonamides is 1. The van der Waals surface area contributed by atoms with Crippen molar-refractivity contribution in [3.05, 3.63) is 131 Å². The van der Waals surface area contributed by atoms with Crippen LogP contribution in [0.25, 0.3) is 0 Å². The molecule has 0 fully saturated rings. The van der Waals surface area contributed by atoms with Crippen molar-refractivity contribution in [2.45, 2.75) is 37.1 Å². The Morgan fingerprint density at radius 3 is 1.92 bits per heavy atom. The van der Waals surface area contributed by atoms with Gasteiger partial charge in [0.15, 0.2) is 11.6 Å². The molecule has 5 nitrogen and oxygen atoms in total. The second kappa shape index (κ2) is 9.79. The summed E-state index contributed by atoms with van der Waals surface area (Å²) in [4.78, 5) is 27.5. The van der Waals surface area contributed by atoms with Crippen LogP contribution >= 0.6 is 0 Å². The topological polar surface area (TPSA) is 71.5 Å². The number of rotatable bonds is 7. The van der Waals surface area contributed by atoms with Gasteiger partial charge in [0, 0.05) is 23.5 Å². The molecule has 1 heterocycles. The van der Waals surface area contributed by atoms with Gasteiger partial charge in [0.25, 0.3) is 10.0 Å². The van der Waals surface area contributed by atoms with E-state index in [4.69, 9.17) is 0 Å². The summed E-state index contributed by atoms with van der Waals surface area (Å²) in [6, 6.07) is 28.6. The van der Waals surface area contributed by atoms with Crippen molar-refractivity contribution in [3.8, 4) is 0 Å². The number of carbonyl (C=O) groups is 2. The van der Waals surface area contributed by atoms with Crippen LogP contribution < -0.4 is 4.31 Å². The molecule has 5 rings (SSSR count). The van der Waals surface area contributed by atoms with Gasteiger partial charge in [-0.1, -0.05) is 96.1 Å². The van der Waals surface area contributed by atoms with Gasteiger partial charge in [-0.05, 0) is 37.6 Å². The Morgan fingerprint density at radius 1 is 0.730 bits per heavy atom. The van der Waals surface area contributed by atoms with E-state index in [9.17, 15) is 18.0 Å². The van der Waals surface area contributed by atoms with E-state index < -0.39 is 22.0 Å². The van der Waals surface area contributed by atoms with Crippen LogP contribution in [-0.2, 0) is 10.0 Å². The average molecular weight is 510 g/mol. The standard InChI is InChI=1S/C31H27NO4S/c1-21-13-16-25(17-14-21)37(35,36)32-28-18-15-22(2)19-26(28)27(20-29(33)23-9-5-3-6-10-23)30(32)31(34)24-11-7-4-8-12-24/h3-19,27,30H,20H2,1-2H3/t27-,30+/m1/s1. The van der Waals surface area contributed by atoms with E-state index in [2.05, 4.69) is 0 Å². The van der Waals surface area contributed by atoms with E-state index in [-0.39, 0.29) is 22.9 Å². The lowest BCUT2D eigenvalue weighted by molar-refractivity contribution is 0.0930. The lowest BCUT2D eigenvalue weighted by Crippen LogP contribution is -2.45. The second-order valence-electron chi connectivity index (χ2n) is 9.45. The van der Waals surface area contributed by atoms with Crippen LogP contribution in [0.3, 0.4) is 0 Å². The Kier molecular flexibility index (Phi) is 6.52. The van der Waals surface area contributed by atoms with Gasteiger partial charge >= 0.3 is 0 Å². The normalized spacial score (nSPS) is 16.9. The van der Waals surface area contributed by atoms with Gasteiger partial charge in [-0.25, -0.2) is 8.42 Å². The molecule has 4 aromatic carbocycles. The van der Waals surface area contributed by atoms with Gasteiger partial charge in [-0.2, -0.15) is 0 Å². The summed E-state index contributed by atoms with van der Waals surface area (Å²) >= 11 is 0. The minimum Gasteiger partial charge on any atom is -0.294 e. The van der Waals surface area contributed by atoms with Crippen LogP contribution in [0.1, 0.15) is 49.7 Å². The van der Waals surface area contributed by atoms with E-state index in [1.807, 2.05) is 32.0 Å². The smallest absolute Gasteiger partial charge is 0.265 e. The number of anilines is 1. The zero-order chi connectivity index (χ0) is 26.2. The quantitative estimate of drug-likeness (QED) is 0.281. The molecule has 0 amide bonds. The van der Waals surface area contributed by atoms with Crippen molar-refractivity contribution >= 4 is 27.3 Å². The van der Waals surface area contributed by atoms with Crippen molar-refractivity contribution < 1.29 is 18.0 Å². The molecular weight excluding hydrogens is 482 g/mol. The number of hydrogen-bond donors (Lipinski definition) is 0. The molecule has 0 spiro atoms. The third-order valence-electron chi connectivity index (χ3n) is 6.86. The third-order valence-corrected chi connectivity index (χ3v) is 8.67. The highest BCUT2D eigenvalue weighted by molar-refractivity contribution is 7.93. The predicted octanol–water partition coefficient (Wildman–Crippen LogP) is 6.12. The third kappa shape index (κ3) is 4.60. The highest BCUT2D eigenvalue weighted by Gasteiger charge is 2.49. The maximum Gasteiger partial charge on any atom is 0.265 e. The lowest BCUT2D eigenvalue weighted by atomic mass is 9.84. The summed E-state index contributed by atoms with van der Waals surface area (Å²) in [5.41, 5.74) is 3.91. The number of hydrogen-bond acceptors (Lipinski definition) is 4. The van der Waals surface area contributed by atoms with Crippen molar-refractivity contribution in [2.24, 2.45) is 0 Å². The summed E-state index contributed by atoms with van der Waals surface area (Å²) in [6.45, 7) is 3.80. The van der Waals surface area contributed by atoms with Crippen molar-refractivity contribution in [1.82, 2.24) is 0 Å². The second-order valence-corrected chi connectivity index (χ2v) is 11.3. The maximum atomic E-state index is 14.1. The van der Waals surface area contributed by atoms with Crippen LogP contribution in [0.15, 0.2) is 108 Å². The molecule has 6 heteroatoms. The number of Topliss-reactive ketones (excluding diaryl/α,β-unsaturated/α-hetero) is 2. The van der Waals surface area contributed by atoms with Crippen molar-refractivity contribution in [3.63, 3.8) is 0 Å². The highest BCUT2D eigenvalue weighted by atomic mass is 32.2. The molecule has 186 valence electrons. The fraction of sp³-hybridized carbons (Fsp3) is 0.161. The first-order valence-corrected chi connectivity index (χ1v) is 13.6. The Hall–Kier alpha value is -4.03. The van der Waals surface area contributed by atoms with Crippen molar-refractivity contribution in [1.29, 1.82) is 0 Å². The van der Waals surface area contributed by atoms with E-state index in [0.29, 0.717) is 22.4 Å². The Balaban J connectivity index is 1.69. The minimum atomic E-state index is -4.12. The summed E-state index contributed by atoms with van der Waals surface area (Å²) < 4.78 is 29.5. The Labute approximate surface area is 217 Å². The van der Waals surface area contributed by atoms with E-state index in [0.717, 1.165) is 11.1 Å². The zero-order valence-corrected chi connectivity index (χ0v) is 21.5. The predicted molar refractivity (Wildman–Crippen MR) is 145 cm³/mol. The molecule has 0 saturated carbocycles. The van der Waals surface area contributed by atoms with Gasteiger partial charge in [-0.15, -0.1) is 0 Å². The molecule has 1 aliphatic heterocycles. The van der Waals surface area contributed by atoms with Crippen LogP contribution in [0, 0.1) is 13.8 Å². The highest BCUT2D eigenvalue weighted by Crippen LogP contribution is 2.47. The Morgan fingerprint density at radius 2 is 1.30 bits per heavy atom. The van der Waals surface area contributed by atoms with Crippen LogP contribution in [0.4, 0.5) is 5.69 Å². The average Bonchev–Trinajstić information content (AvgIpc) is 3.23. The number of nitrogens with zero attached hydrogens (tertiary/aromatic N) is 1. The molecule has 4 aromatic rings. The first-order chi connectivity index (χ1) is 17.8. The van der Waals surface area contributed by atoms with Gasteiger partial charge < -0.3 is 0 Å². The first kappa shape index (κ1) is 24.7. The van der Waals surface area contributed by atoms with Gasteiger partial charge in [-0.3, -0.25) is 13.9 Å². The summed E-state index contributed by atoms with van der Waals surface area (Å²) in [5, 5.41) is 0. The summed E-state index contributed by atoms with van der Waals surface area (Å²) in [6.07, 6.45) is 0.00360. The van der Waals surface area contributed by atoms with Gasteiger partial charge in [0.2, 0.25) is 0 Å². The molecule has 0 aromatic heterocycles. The number of benzene rings is 4. The van der Waals surface area contributed by atoms with E-state index in [1.54, 1.807) is 84.9 Å². The number of aryl methyl sites for hydroxylation is 2.